The van der Waals surface area contributed by atoms with Gasteiger partial charge < -0.3 is 20.1 Å². The Kier molecular flexibility index (Phi) is 7.23. The summed E-state index contributed by atoms with van der Waals surface area (Å²) in [5.41, 5.74) is 0.872. The molecule has 0 bridgehead atoms. The molecule has 6 heteroatoms. The van der Waals surface area contributed by atoms with Crippen LogP contribution in [0.1, 0.15) is 37.6 Å². The Morgan fingerprint density at radius 2 is 1.63 bits per heavy atom. The molecule has 0 radical (unpaired) electrons. The summed E-state index contributed by atoms with van der Waals surface area (Å²) in [6.07, 6.45) is -0.197. The van der Waals surface area contributed by atoms with Crippen LogP contribution in [0.2, 0.25) is 0 Å². The lowest BCUT2D eigenvalue weighted by atomic mass is 10.1. The molecule has 1 atom stereocenters. The second-order valence-electron chi connectivity index (χ2n) is 6.35. The summed E-state index contributed by atoms with van der Waals surface area (Å²) in [6, 6.07) is 14.0. The lowest BCUT2D eigenvalue weighted by molar-refractivity contribution is -0.122. The van der Waals surface area contributed by atoms with E-state index in [1.54, 1.807) is 55.6 Å². The van der Waals surface area contributed by atoms with E-state index < -0.39 is 6.10 Å². The molecule has 27 heavy (non-hydrogen) atoms. The number of methoxy groups -OCH3 is 1. The van der Waals surface area contributed by atoms with Crippen molar-refractivity contribution in [3.63, 3.8) is 0 Å². The number of hydrogen-bond donors (Lipinski definition) is 2. The molecule has 0 saturated carbocycles. The van der Waals surface area contributed by atoms with E-state index in [-0.39, 0.29) is 17.9 Å². The molecule has 0 aliphatic heterocycles. The van der Waals surface area contributed by atoms with Crippen LogP contribution in [0.4, 0.5) is 5.69 Å². The quantitative estimate of drug-likeness (QED) is 0.744. The number of amides is 2. The van der Waals surface area contributed by atoms with Crippen LogP contribution in [-0.2, 0) is 4.79 Å². The summed E-state index contributed by atoms with van der Waals surface area (Å²) in [5, 5.41) is 5.64. The molecule has 144 valence electrons. The first-order valence-corrected chi connectivity index (χ1v) is 8.96. The first-order valence-electron chi connectivity index (χ1n) is 8.96. The Balaban J connectivity index is 2.11. The standard InChI is InChI=1S/C21H26N2O4/c1-5-19(27-16-12-10-15(26-4)11-13-16)21(25)23-18-9-7-6-8-17(18)20(24)22-14(2)3/h6-14,19H,5H2,1-4H3,(H,22,24)(H,23,25)/t19-/m0/s1. The van der Waals surface area contributed by atoms with Crippen LogP contribution in [0.15, 0.2) is 48.5 Å². The number of ether oxygens (including phenoxy) is 2. The number of para-hydroxylation sites is 1. The van der Waals surface area contributed by atoms with Gasteiger partial charge in [-0.2, -0.15) is 0 Å². The van der Waals surface area contributed by atoms with E-state index in [0.29, 0.717) is 29.2 Å². The zero-order valence-corrected chi connectivity index (χ0v) is 16.1. The molecule has 0 saturated heterocycles. The zero-order chi connectivity index (χ0) is 19.8. The van der Waals surface area contributed by atoms with E-state index in [9.17, 15) is 9.59 Å². The van der Waals surface area contributed by atoms with Crippen molar-refractivity contribution in [1.82, 2.24) is 5.32 Å². The SMILES string of the molecule is CC[C@H](Oc1ccc(OC)cc1)C(=O)Nc1ccccc1C(=O)NC(C)C. The first-order chi connectivity index (χ1) is 12.9. The minimum absolute atomic E-state index is 0.00283. The Hall–Kier alpha value is -3.02. The summed E-state index contributed by atoms with van der Waals surface area (Å²) in [4.78, 5) is 25.0. The summed E-state index contributed by atoms with van der Waals surface area (Å²) >= 11 is 0. The van der Waals surface area contributed by atoms with Gasteiger partial charge in [-0.3, -0.25) is 9.59 Å². The van der Waals surface area contributed by atoms with Gasteiger partial charge in [0.15, 0.2) is 6.10 Å². The molecule has 2 rings (SSSR count). The van der Waals surface area contributed by atoms with Gasteiger partial charge >= 0.3 is 0 Å². The van der Waals surface area contributed by atoms with E-state index in [1.807, 2.05) is 20.8 Å². The largest absolute Gasteiger partial charge is 0.497 e. The monoisotopic (exact) mass is 370 g/mol. The average molecular weight is 370 g/mol. The molecular formula is C21H26N2O4. The van der Waals surface area contributed by atoms with Gasteiger partial charge in [0.2, 0.25) is 0 Å². The fourth-order valence-electron chi connectivity index (χ4n) is 2.48. The normalized spacial score (nSPS) is 11.6. The average Bonchev–Trinajstić information content (AvgIpc) is 2.66. The number of nitrogens with one attached hydrogen (secondary N) is 2. The van der Waals surface area contributed by atoms with Crippen LogP contribution in [0.5, 0.6) is 11.5 Å². The third-order valence-corrected chi connectivity index (χ3v) is 3.85. The van der Waals surface area contributed by atoms with Crippen molar-refractivity contribution in [1.29, 1.82) is 0 Å². The highest BCUT2D eigenvalue weighted by Crippen LogP contribution is 2.20. The van der Waals surface area contributed by atoms with E-state index in [0.717, 1.165) is 0 Å². The van der Waals surface area contributed by atoms with Crippen molar-refractivity contribution in [2.45, 2.75) is 39.3 Å². The van der Waals surface area contributed by atoms with Crippen LogP contribution >= 0.6 is 0 Å². The first kappa shape index (κ1) is 20.3. The van der Waals surface area contributed by atoms with Crippen LogP contribution in [-0.4, -0.2) is 31.1 Å². The molecule has 0 aliphatic carbocycles. The third kappa shape index (κ3) is 5.74. The molecule has 2 amide bonds. The molecule has 0 aliphatic rings. The summed E-state index contributed by atoms with van der Waals surface area (Å²) in [6.45, 7) is 5.63. The molecule has 2 N–H and O–H groups in total. The van der Waals surface area contributed by atoms with Crippen LogP contribution < -0.4 is 20.1 Å². The third-order valence-electron chi connectivity index (χ3n) is 3.85. The maximum atomic E-state index is 12.7. The molecule has 2 aromatic rings. The lowest BCUT2D eigenvalue weighted by Crippen LogP contribution is -2.34. The van der Waals surface area contributed by atoms with Gasteiger partial charge in [0.1, 0.15) is 11.5 Å². The second-order valence-corrected chi connectivity index (χ2v) is 6.35. The fraction of sp³-hybridized carbons (Fsp3) is 0.333. The molecule has 6 nitrogen and oxygen atoms in total. The zero-order valence-electron chi connectivity index (χ0n) is 16.1. The fourth-order valence-corrected chi connectivity index (χ4v) is 2.48. The second kappa shape index (κ2) is 9.62. The van der Waals surface area contributed by atoms with Gasteiger partial charge in [0, 0.05) is 6.04 Å². The van der Waals surface area contributed by atoms with Crippen molar-refractivity contribution < 1.29 is 19.1 Å². The van der Waals surface area contributed by atoms with E-state index in [2.05, 4.69) is 10.6 Å². The van der Waals surface area contributed by atoms with E-state index in [4.69, 9.17) is 9.47 Å². The summed E-state index contributed by atoms with van der Waals surface area (Å²) in [7, 11) is 1.59. The number of carbonyl (C=O) groups is 2. The minimum atomic E-state index is -0.681. The van der Waals surface area contributed by atoms with Crippen molar-refractivity contribution in [3.05, 3.63) is 54.1 Å². The van der Waals surface area contributed by atoms with E-state index in [1.165, 1.54) is 0 Å². The van der Waals surface area contributed by atoms with Gasteiger partial charge in [0.25, 0.3) is 11.8 Å². The van der Waals surface area contributed by atoms with Gasteiger partial charge in [-0.25, -0.2) is 0 Å². The lowest BCUT2D eigenvalue weighted by Gasteiger charge is -2.19. The summed E-state index contributed by atoms with van der Waals surface area (Å²) in [5.74, 6) is 0.747. The van der Waals surface area contributed by atoms with Gasteiger partial charge in [-0.1, -0.05) is 19.1 Å². The van der Waals surface area contributed by atoms with Gasteiger partial charge in [-0.15, -0.1) is 0 Å². The number of benzene rings is 2. The molecule has 0 spiro atoms. The van der Waals surface area contributed by atoms with Crippen molar-refractivity contribution in [3.8, 4) is 11.5 Å². The highest BCUT2D eigenvalue weighted by Gasteiger charge is 2.21. The Labute approximate surface area is 159 Å². The molecule has 0 aromatic heterocycles. The molecule has 0 fully saturated rings. The van der Waals surface area contributed by atoms with Crippen LogP contribution in [0.25, 0.3) is 0 Å². The molecule has 0 unspecified atom stereocenters. The predicted molar refractivity (Wildman–Crippen MR) is 105 cm³/mol. The number of anilines is 1. The minimum Gasteiger partial charge on any atom is -0.497 e. The highest BCUT2D eigenvalue weighted by atomic mass is 16.5. The van der Waals surface area contributed by atoms with Crippen molar-refractivity contribution in [2.75, 3.05) is 12.4 Å². The molecule has 2 aromatic carbocycles. The van der Waals surface area contributed by atoms with E-state index >= 15 is 0 Å². The van der Waals surface area contributed by atoms with Crippen LogP contribution in [0, 0.1) is 0 Å². The Morgan fingerprint density at radius 1 is 1.00 bits per heavy atom. The number of carbonyl (C=O) groups excluding carboxylic acids is 2. The van der Waals surface area contributed by atoms with Crippen molar-refractivity contribution in [2.24, 2.45) is 0 Å². The predicted octanol–water partition coefficient (Wildman–Crippen LogP) is 3.63. The smallest absolute Gasteiger partial charge is 0.265 e. The topological polar surface area (TPSA) is 76.7 Å². The van der Waals surface area contributed by atoms with Gasteiger partial charge in [0.05, 0.1) is 18.4 Å². The Bertz CT molecular complexity index is 772. The van der Waals surface area contributed by atoms with Gasteiger partial charge in [-0.05, 0) is 56.7 Å². The molecular weight excluding hydrogens is 344 g/mol. The number of hydrogen-bond acceptors (Lipinski definition) is 4. The maximum Gasteiger partial charge on any atom is 0.265 e. The van der Waals surface area contributed by atoms with Crippen molar-refractivity contribution >= 4 is 17.5 Å². The molecule has 0 heterocycles. The Morgan fingerprint density at radius 3 is 2.22 bits per heavy atom. The van der Waals surface area contributed by atoms with Crippen LogP contribution in [0.3, 0.4) is 0 Å². The summed E-state index contributed by atoms with van der Waals surface area (Å²) < 4.78 is 10.9. The highest BCUT2D eigenvalue weighted by molar-refractivity contribution is 6.04. The number of rotatable bonds is 8. The maximum absolute atomic E-state index is 12.7.